The molecular formula is C31H41N3O4. The number of ether oxygens (including phenoxy) is 1. The average Bonchev–Trinajstić information content (AvgIpc) is 2.86. The number of likely N-dealkylation sites (N-methyl/N-ethyl adjacent to an activating group) is 1. The number of nitrogens with one attached hydrogen (secondary N) is 2. The van der Waals surface area contributed by atoms with E-state index in [-0.39, 0.29) is 24.9 Å². The number of amides is 3. The Hall–Kier alpha value is -3.79. The summed E-state index contributed by atoms with van der Waals surface area (Å²) in [6.45, 7) is 11.3. The van der Waals surface area contributed by atoms with E-state index < -0.39 is 29.7 Å². The molecule has 0 aliphatic rings. The second-order valence-corrected chi connectivity index (χ2v) is 10.3. The van der Waals surface area contributed by atoms with Gasteiger partial charge in [-0.3, -0.25) is 9.59 Å². The molecule has 204 valence electrons. The molecule has 0 aliphatic carbocycles. The van der Waals surface area contributed by atoms with Gasteiger partial charge < -0.3 is 20.3 Å². The third kappa shape index (κ3) is 8.95. The summed E-state index contributed by atoms with van der Waals surface area (Å²) in [5, 5.41) is 5.79. The molecule has 0 aromatic heterocycles. The zero-order valence-corrected chi connectivity index (χ0v) is 23.4. The fourth-order valence-corrected chi connectivity index (χ4v) is 4.31. The number of carbonyl (C=O) groups is 3. The zero-order chi connectivity index (χ0) is 28.3. The lowest BCUT2D eigenvalue weighted by Crippen LogP contribution is -2.54. The van der Waals surface area contributed by atoms with E-state index in [1.807, 2.05) is 44.2 Å². The maximum atomic E-state index is 14.1. The molecule has 0 spiro atoms. The predicted octanol–water partition coefficient (Wildman–Crippen LogP) is 5.00. The smallest absolute Gasteiger partial charge is 0.408 e. The standard InChI is InChI=1S/C31H41N3O4/c1-8-16-22(4)32-28(35)27(25-20-15-14-19-24(25)9-2)34(10-3)29(36)26(21-23-17-12-11-13-18-23)33-30(37)38-31(5,6)7/h2,11-15,17-20,22,26-27H,8,10,16,21H2,1,3-7H3,(H,32,35)(H,33,37). The van der Waals surface area contributed by atoms with Crippen molar-refractivity contribution >= 4 is 17.9 Å². The van der Waals surface area contributed by atoms with Crippen molar-refractivity contribution in [2.45, 2.75) is 84.5 Å². The second-order valence-electron chi connectivity index (χ2n) is 10.3. The summed E-state index contributed by atoms with van der Waals surface area (Å²) in [7, 11) is 0. The van der Waals surface area contributed by atoms with Crippen molar-refractivity contribution in [2.24, 2.45) is 0 Å². The Kier molecular flexibility index (Phi) is 11.4. The molecule has 7 nitrogen and oxygen atoms in total. The summed E-state index contributed by atoms with van der Waals surface area (Å²) in [4.78, 5) is 42.1. The van der Waals surface area contributed by atoms with Crippen LogP contribution in [0.3, 0.4) is 0 Å². The van der Waals surface area contributed by atoms with E-state index in [0.29, 0.717) is 11.1 Å². The van der Waals surface area contributed by atoms with Crippen LogP contribution in [-0.4, -0.2) is 47.0 Å². The maximum Gasteiger partial charge on any atom is 0.408 e. The Labute approximate surface area is 227 Å². The quantitative estimate of drug-likeness (QED) is 0.409. The minimum absolute atomic E-state index is 0.0817. The molecule has 3 amide bonds. The van der Waals surface area contributed by atoms with Gasteiger partial charge in [0, 0.05) is 24.6 Å². The van der Waals surface area contributed by atoms with Crippen LogP contribution < -0.4 is 10.6 Å². The fraction of sp³-hybridized carbons (Fsp3) is 0.452. The van der Waals surface area contributed by atoms with Gasteiger partial charge in [-0.2, -0.15) is 0 Å². The van der Waals surface area contributed by atoms with Crippen molar-refractivity contribution in [3.63, 3.8) is 0 Å². The van der Waals surface area contributed by atoms with Crippen LogP contribution in [0.1, 0.15) is 77.1 Å². The first-order valence-electron chi connectivity index (χ1n) is 13.2. The summed E-state index contributed by atoms with van der Waals surface area (Å²) < 4.78 is 5.45. The Balaban J connectivity index is 2.52. The lowest BCUT2D eigenvalue weighted by molar-refractivity contribution is -0.142. The number of benzene rings is 2. The van der Waals surface area contributed by atoms with Crippen molar-refractivity contribution < 1.29 is 19.1 Å². The monoisotopic (exact) mass is 519 g/mol. The molecule has 2 rings (SSSR count). The van der Waals surface area contributed by atoms with Crippen molar-refractivity contribution in [2.75, 3.05) is 6.54 Å². The summed E-state index contributed by atoms with van der Waals surface area (Å²) in [5.41, 5.74) is 1.21. The molecule has 0 bridgehead atoms. The van der Waals surface area contributed by atoms with Crippen LogP contribution in [0.5, 0.6) is 0 Å². The van der Waals surface area contributed by atoms with E-state index in [9.17, 15) is 14.4 Å². The fourth-order valence-electron chi connectivity index (χ4n) is 4.31. The number of rotatable bonds is 11. The first-order chi connectivity index (χ1) is 18.0. The molecule has 7 heteroatoms. The van der Waals surface area contributed by atoms with E-state index in [2.05, 4.69) is 16.6 Å². The van der Waals surface area contributed by atoms with Gasteiger partial charge in [-0.15, -0.1) is 6.42 Å². The van der Waals surface area contributed by atoms with Crippen molar-refractivity contribution in [3.8, 4) is 12.3 Å². The molecule has 0 saturated carbocycles. The molecule has 3 atom stereocenters. The first kappa shape index (κ1) is 30.4. The third-order valence-corrected chi connectivity index (χ3v) is 5.98. The summed E-state index contributed by atoms with van der Waals surface area (Å²) in [6, 6.07) is 14.5. The van der Waals surface area contributed by atoms with E-state index in [1.165, 1.54) is 4.90 Å². The van der Waals surface area contributed by atoms with Crippen molar-refractivity contribution in [3.05, 3.63) is 71.3 Å². The number of terminal acetylenes is 1. The summed E-state index contributed by atoms with van der Waals surface area (Å²) in [6.07, 6.45) is 7.01. The van der Waals surface area contributed by atoms with Crippen LogP contribution in [-0.2, 0) is 20.7 Å². The molecule has 0 fully saturated rings. The van der Waals surface area contributed by atoms with Gasteiger partial charge in [0.25, 0.3) is 0 Å². The van der Waals surface area contributed by atoms with Gasteiger partial charge in [-0.25, -0.2) is 4.79 Å². The predicted molar refractivity (Wildman–Crippen MR) is 150 cm³/mol. The Morgan fingerprint density at radius 3 is 2.21 bits per heavy atom. The van der Waals surface area contributed by atoms with Crippen molar-refractivity contribution in [1.82, 2.24) is 15.5 Å². The molecule has 38 heavy (non-hydrogen) atoms. The topological polar surface area (TPSA) is 87.7 Å². The Morgan fingerprint density at radius 1 is 1.00 bits per heavy atom. The van der Waals surface area contributed by atoms with Crippen molar-refractivity contribution in [1.29, 1.82) is 0 Å². The maximum absolute atomic E-state index is 14.1. The van der Waals surface area contributed by atoms with Gasteiger partial charge in [0.15, 0.2) is 0 Å². The largest absolute Gasteiger partial charge is 0.444 e. The van der Waals surface area contributed by atoms with Crippen LogP contribution in [0.15, 0.2) is 54.6 Å². The molecule has 0 heterocycles. The molecule has 0 radical (unpaired) electrons. The molecule has 0 saturated heterocycles. The number of alkyl carbamates (subject to hydrolysis) is 1. The van der Waals surface area contributed by atoms with Crippen LogP contribution in [0.4, 0.5) is 4.79 Å². The van der Waals surface area contributed by atoms with E-state index in [4.69, 9.17) is 11.2 Å². The van der Waals surface area contributed by atoms with E-state index in [0.717, 1.165) is 18.4 Å². The van der Waals surface area contributed by atoms with Crippen LogP contribution in [0.25, 0.3) is 0 Å². The van der Waals surface area contributed by atoms with Gasteiger partial charge in [-0.05, 0) is 58.2 Å². The third-order valence-electron chi connectivity index (χ3n) is 5.98. The molecule has 3 unspecified atom stereocenters. The van der Waals surface area contributed by atoms with Gasteiger partial charge in [-0.1, -0.05) is 67.8 Å². The molecule has 2 aromatic rings. The number of hydrogen-bond acceptors (Lipinski definition) is 4. The first-order valence-corrected chi connectivity index (χ1v) is 13.2. The van der Waals surface area contributed by atoms with Gasteiger partial charge >= 0.3 is 6.09 Å². The van der Waals surface area contributed by atoms with Crippen LogP contribution >= 0.6 is 0 Å². The normalized spacial score (nSPS) is 13.4. The number of hydrogen-bond donors (Lipinski definition) is 2. The highest BCUT2D eigenvalue weighted by molar-refractivity contribution is 5.92. The highest BCUT2D eigenvalue weighted by atomic mass is 16.6. The van der Waals surface area contributed by atoms with Crippen LogP contribution in [0, 0.1) is 12.3 Å². The summed E-state index contributed by atoms with van der Waals surface area (Å²) >= 11 is 0. The van der Waals surface area contributed by atoms with E-state index >= 15 is 0 Å². The Morgan fingerprint density at radius 2 is 1.63 bits per heavy atom. The summed E-state index contributed by atoms with van der Waals surface area (Å²) in [5.74, 6) is 1.92. The SMILES string of the molecule is C#Cc1ccccc1C(C(=O)NC(C)CCC)N(CC)C(=O)C(Cc1ccccc1)NC(=O)OC(C)(C)C. The number of carbonyl (C=O) groups excluding carboxylic acids is 3. The molecule has 0 aliphatic heterocycles. The van der Waals surface area contributed by atoms with Gasteiger partial charge in [0.1, 0.15) is 17.7 Å². The van der Waals surface area contributed by atoms with Crippen LogP contribution in [0.2, 0.25) is 0 Å². The van der Waals surface area contributed by atoms with Gasteiger partial charge in [0.2, 0.25) is 11.8 Å². The lowest BCUT2D eigenvalue weighted by Gasteiger charge is -2.34. The minimum atomic E-state index is -0.974. The molecule has 2 aromatic carbocycles. The molecule has 2 N–H and O–H groups in total. The Bertz CT molecular complexity index is 1120. The highest BCUT2D eigenvalue weighted by Crippen LogP contribution is 2.26. The lowest BCUT2D eigenvalue weighted by atomic mass is 9.96. The van der Waals surface area contributed by atoms with E-state index in [1.54, 1.807) is 52.0 Å². The average molecular weight is 520 g/mol. The second kappa shape index (κ2) is 14.2. The number of nitrogens with zero attached hydrogens (tertiary/aromatic N) is 1. The zero-order valence-electron chi connectivity index (χ0n) is 23.4. The van der Waals surface area contributed by atoms with Gasteiger partial charge in [0.05, 0.1) is 0 Å². The highest BCUT2D eigenvalue weighted by Gasteiger charge is 2.36. The minimum Gasteiger partial charge on any atom is -0.444 e. The molecular weight excluding hydrogens is 478 g/mol.